The molecule has 1 fully saturated rings. The number of anilines is 1. The number of nitrogens with one attached hydrogen (secondary N) is 2. The van der Waals surface area contributed by atoms with Gasteiger partial charge in [-0.05, 0) is 61.1 Å². The van der Waals surface area contributed by atoms with Crippen LogP contribution in [0, 0.1) is 5.92 Å². The number of amides is 2. The van der Waals surface area contributed by atoms with Crippen molar-refractivity contribution >= 4 is 23.2 Å². The number of hydrogen-bond donors (Lipinski definition) is 2. The third-order valence-corrected chi connectivity index (χ3v) is 5.71. The van der Waals surface area contributed by atoms with Gasteiger partial charge >= 0.3 is 0 Å². The number of benzene rings is 2. The van der Waals surface area contributed by atoms with E-state index in [0.29, 0.717) is 17.2 Å². The summed E-state index contributed by atoms with van der Waals surface area (Å²) in [4.78, 5) is 24.7. The van der Waals surface area contributed by atoms with Crippen molar-refractivity contribution in [3.8, 4) is 0 Å². The molecule has 2 aromatic carbocycles. The molecule has 2 amide bonds. The number of carbonyl (C=O) groups is 2. The van der Waals surface area contributed by atoms with Gasteiger partial charge in [-0.15, -0.1) is 0 Å². The molecule has 0 bridgehead atoms. The first-order valence-corrected chi connectivity index (χ1v) is 10.8. The molecule has 3 rings (SSSR count). The average molecular weight is 406 g/mol. The number of hydrogen-bond acceptors (Lipinski definition) is 3. The predicted molar refractivity (Wildman–Crippen MR) is 122 cm³/mol. The van der Waals surface area contributed by atoms with Crippen molar-refractivity contribution in [2.45, 2.75) is 58.8 Å². The second kappa shape index (κ2) is 10.2. The second-order valence-electron chi connectivity index (χ2n) is 8.32. The molecule has 158 valence electrons. The Labute approximate surface area is 179 Å². The van der Waals surface area contributed by atoms with E-state index in [1.165, 1.54) is 12.0 Å². The van der Waals surface area contributed by atoms with Crippen molar-refractivity contribution in [3.05, 3.63) is 65.2 Å². The summed E-state index contributed by atoms with van der Waals surface area (Å²) in [6.07, 6.45) is 5.47. The van der Waals surface area contributed by atoms with Crippen LogP contribution in [0.1, 0.15) is 80.3 Å². The van der Waals surface area contributed by atoms with E-state index in [4.69, 9.17) is 0 Å². The minimum Gasteiger partial charge on any atom is -0.326 e. The van der Waals surface area contributed by atoms with Crippen molar-refractivity contribution in [2.24, 2.45) is 11.0 Å². The maximum atomic E-state index is 12.4. The maximum Gasteiger partial charge on any atom is 0.271 e. The zero-order valence-corrected chi connectivity index (χ0v) is 18.1. The fourth-order valence-corrected chi connectivity index (χ4v) is 3.69. The lowest BCUT2D eigenvalue weighted by atomic mass is 9.88. The lowest BCUT2D eigenvalue weighted by molar-refractivity contribution is -0.120. The molecule has 0 aliphatic heterocycles. The van der Waals surface area contributed by atoms with Crippen LogP contribution in [-0.2, 0) is 4.79 Å². The van der Waals surface area contributed by atoms with Crippen molar-refractivity contribution in [3.63, 3.8) is 0 Å². The Hall–Kier alpha value is -2.95. The Kier molecular flexibility index (Phi) is 7.39. The zero-order valence-electron chi connectivity index (χ0n) is 18.1. The van der Waals surface area contributed by atoms with Crippen LogP contribution in [0.2, 0.25) is 0 Å². The fourth-order valence-electron chi connectivity index (χ4n) is 3.69. The molecule has 1 aliphatic carbocycles. The van der Waals surface area contributed by atoms with Crippen LogP contribution in [0.3, 0.4) is 0 Å². The first-order valence-electron chi connectivity index (χ1n) is 10.8. The Morgan fingerprint density at radius 3 is 2.10 bits per heavy atom. The largest absolute Gasteiger partial charge is 0.326 e. The molecule has 1 aliphatic rings. The molecule has 1 saturated carbocycles. The first kappa shape index (κ1) is 21.8. The molecule has 5 heteroatoms. The van der Waals surface area contributed by atoms with Gasteiger partial charge in [-0.3, -0.25) is 9.59 Å². The van der Waals surface area contributed by atoms with Crippen LogP contribution >= 0.6 is 0 Å². The van der Waals surface area contributed by atoms with Crippen molar-refractivity contribution < 1.29 is 9.59 Å². The van der Waals surface area contributed by atoms with E-state index in [-0.39, 0.29) is 17.7 Å². The van der Waals surface area contributed by atoms with E-state index < -0.39 is 0 Å². The third kappa shape index (κ3) is 5.78. The molecule has 30 heavy (non-hydrogen) atoms. The molecule has 0 heterocycles. The van der Waals surface area contributed by atoms with Crippen LogP contribution in [0.4, 0.5) is 5.69 Å². The molecule has 0 atom stereocenters. The van der Waals surface area contributed by atoms with Gasteiger partial charge < -0.3 is 5.32 Å². The van der Waals surface area contributed by atoms with Crippen LogP contribution < -0.4 is 10.7 Å². The number of rotatable bonds is 6. The van der Waals surface area contributed by atoms with Gasteiger partial charge in [0.2, 0.25) is 5.91 Å². The van der Waals surface area contributed by atoms with Gasteiger partial charge in [0.25, 0.3) is 5.91 Å². The van der Waals surface area contributed by atoms with Crippen LogP contribution in [0.15, 0.2) is 53.6 Å². The molecule has 2 aromatic rings. The van der Waals surface area contributed by atoms with Gasteiger partial charge in [-0.1, -0.05) is 57.4 Å². The van der Waals surface area contributed by atoms with Crippen LogP contribution in [0.5, 0.6) is 0 Å². The SMILES string of the molecule is C/C(=N\NC(=O)c1ccc(C(C)C)cc1)c1ccc(NC(=O)C2CCCCC2)cc1. The van der Waals surface area contributed by atoms with Gasteiger partial charge in [-0.25, -0.2) is 5.43 Å². The van der Waals surface area contributed by atoms with E-state index in [1.54, 1.807) is 0 Å². The summed E-state index contributed by atoms with van der Waals surface area (Å²) in [6, 6.07) is 15.1. The minimum atomic E-state index is -0.235. The normalized spacial score (nSPS) is 15.1. The van der Waals surface area contributed by atoms with Crippen molar-refractivity contribution in [1.82, 2.24) is 5.43 Å². The molecule has 0 spiro atoms. The van der Waals surface area contributed by atoms with E-state index in [0.717, 1.165) is 36.9 Å². The third-order valence-electron chi connectivity index (χ3n) is 5.71. The lowest BCUT2D eigenvalue weighted by Crippen LogP contribution is -2.24. The molecule has 2 N–H and O–H groups in total. The standard InChI is InChI=1S/C25H31N3O2/c1-17(2)19-9-11-22(12-10-19)25(30)28-27-18(3)20-13-15-23(16-14-20)26-24(29)21-7-5-4-6-8-21/h9-17,21H,4-8H2,1-3H3,(H,26,29)(H,28,30)/b27-18+. The Morgan fingerprint density at radius 2 is 1.50 bits per heavy atom. The molecule has 0 aromatic heterocycles. The summed E-state index contributed by atoms with van der Waals surface area (Å²) >= 11 is 0. The molecule has 0 radical (unpaired) electrons. The van der Waals surface area contributed by atoms with Gasteiger partial charge in [-0.2, -0.15) is 5.10 Å². The molecule has 0 unspecified atom stereocenters. The number of carbonyl (C=O) groups excluding carboxylic acids is 2. The second-order valence-corrected chi connectivity index (χ2v) is 8.32. The van der Waals surface area contributed by atoms with Crippen molar-refractivity contribution in [1.29, 1.82) is 0 Å². The smallest absolute Gasteiger partial charge is 0.271 e. The summed E-state index contributed by atoms with van der Waals surface area (Å²) in [6.45, 7) is 6.09. The Morgan fingerprint density at radius 1 is 0.900 bits per heavy atom. The van der Waals surface area contributed by atoms with Crippen LogP contribution in [0.25, 0.3) is 0 Å². The van der Waals surface area contributed by atoms with Gasteiger partial charge in [0, 0.05) is 17.2 Å². The highest BCUT2D eigenvalue weighted by Gasteiger charge is 2.20. The highest BCUT2D eigenvalue weighted by atomic mass is 16.2. The first-order chi connectivity index (χ1) is 14.4. The highest BCUT2D eigenvalue weighted by molar-refractivity contribution is 6.01. The monoisotopic (exact) mass is 405 g/mol. The summed E-state index contributed by atoms with van der Waals surface area (Å²) in [7, 11) is 0. The van der Waals surface area contributed by atoms with Crippen LogP contribution in [-0.4, -0.2) is 17.5 Å². The average Bonchev–Trinajstić information content (AvgIpc) is 2.78. The summed E-state index contributed by atoms with van der Waals surface area (Å²) in [5, 5.41) is 7.24. The Bertz CT molecular complexity index is 893. The number of hydrazone groups is 1. The quantitative estimate of drug-likeness (QED) is 0.493. The molecule has 5 nitrogen and oxygen atoms in total. The summed E-state index contributed by atoms with van der Waals surface area (Å²) in [5.74, 6) is 0.439. The van der Waals surface area contributed by atoms with Crippen molar-refractivity contribution in [2.75, 3.05) is 5.32 Å². The number of nitrogens with zero attached hydrogens (tertiary/aromatic N) is 1. The molecular formula is C25H31N3O2. The van der Waals surface area contributed by atoms with Gasteiger partial charge in [0.1, 0.15) is 0 Å². The summed E-state index contributed by atoms with van der Waals surface area (Å²) < 4.78 is 0. The van der Waals surface area contributed by atoms with E-state index in [9.17, 15) is 9.59 Å². The topological polar surface area (TPSA) is 70.6 Å². The highest BCUT2D eigenvalue weighted by Crippen LogP contribution is 2.25. The Balaban J connectivity index is 1.56. The van der Waals surface area contributed by atoms with E-state index >= 15 is 0 Å². The lowest BCUT2D eigenvalue weighted by Gasteiger charge is -2.20. The summed E-state index contributed by atoms with van der Waals surface area (Å²) in [5.41, 5.74) is 6.77. The van der Waals surface area contributed by atoms with Gasteiger partial charge in [0.15, 0.2) is 0 Å². The molecular weight excluding hydrogens is 374 g/mol. The van der Waals surface area contributed by atoms with Gasteiger partial charge in [0.05, 0.1) is 5.71 Å². The van der Waals surface area contributed by atoms with E-state index in [1.807, 2.05) is 55.5 Å². The maximum absolute atomic E-state index is 12.4. The van der Waals surface area contributed by atoms with E-state index in [2.05, 4.69) is 29.7 Å². The zero-order chi connectivity index (χ0) is 21.5. The molecule has 0 saturated heterocycles. The fraction of sp³-hybridized carbons (Fsp3) is 0.400. The predicted octanol–water partition coefficient (Wildman–Crippen LogP) is 5.48. The minimum absolute atomic E-state index is 0.114.